The summed E-state index contributed by atoms with van der Waals surface area (Å²) in [6.45, 7) is 8.21. The Labute approximate surface area is 158 Å². The summed E-state index contributed by atoms with van der Waals surface area (Å²) in [7, 11) is 0. The number of aromatic nitrogens is 3. The van der Waals surface area contributed by atoms with Gasteiger partial charge in [0.1, 0.15) is 5.82 Å². The Hall–Kier alpha value is -2.66. The van der Waals surface area contributed by atoms with Crippen molar-refractivity contribution < 1.29 is 0 Å². The number of pyridine rings is 1. The van der Waals surface area contributed by atoms with Crippen molar-refractivity contribution in [2.45, 2.75) is 33.2 Å². The Kier molecular flexibility index (Phi) is 5.09. The van der Waals surface area contributed by atoms with Crippen LogP contribution in [0.4, 0.5) is 17.5 Å². The minimum atomic E-state index is -0.162. The SMILES string of the molecule is Cc1cccc(Cl)c1Nc1cc(-c2cccnc2)nc(NC(C)(C)C)n1. The number of nitrogens with zero attached hydrogens (tertiary/aromatic N) is 3. The Morgan fingerprint density at radius 3 is 2.50 bits per heavy atom. The van der Waals surface area contributed by atoms with Gasteiger partial charge in [-0.1, -0.05) is 23.7 Å². The van der Waals surface area contributed by atoms with Gasteiger partial charge >= 0.3 is 0 Å². The molecule has 2 heterocycles. The fourth-order valence-corrected chi connectivity index (χ4v) is 2.75. The highest BCUT2D eigenvalue weighted by molar-refractivity contribution is 6.33. The molecule has 0 amide bonds. The number of hydrogen-bond donors (Lipinski definition) is 2. The largest absolute Gasteiger partial charge is 0.350 e. The lowest BCUT2D eigenvalue weighted by molar-refractivity contribution is 0.626. The first-order valence-corrected chi connectivity index (χ1v) is 8.79. The molecule has 0 aliphatic rings. The van der Waals surface area contributed by atoms with Gasteiger partial charge in [0.2, 0.25) is 5.95 Å². The quantitative estimate of drug-likeness (QED) is 0.641. The maximum Gasteiger partial charge on any atom is 0.225 e. The Morgan fingerprint density at radius 2 is 1.85 bits per heavy atom. The van der Waals surface area contributed by atoms with E-state index in [1.54, 1.807) is 12.4 Å². The third-order valence-electron chi connectivity index (χ3n) is 3.65. The second-order valence-corrected chi connectivity index (χ2v) is 7.54. The van der Waals surface area contributed by atoms with E-state index in [0.29, 0.717) is 16.8 Å². The molecule has 1 aromatic carbocycles. The van der Waals surface area contributed by atoms with Crippen LogP contribution in [0, 0.1) is 6.92 Å². The molecule has 26 heavy (non-hydrogen) atoms. The van der Waals surface area contributed by atoms with E-state index in [9.17, 15) is 0 Å². The molecule has 0 aliphatic carbocycles. The first-order valence-electron chi connectivity index (χ1n) is 8.42. The monoisotopic (exact) mass is 367 g/mol. The van der Waals surface area contributed by atoms with Gasteiger partial charge in [-0.05, 0) is 51.5 Å². The van der Waals surface area contributed by atoms with Crippen molar-refractivity contribution in [3.05, 3.63) is 59.4 Å². The summed E-state index contributed by atoms with van der Waals surface area (Å²) in [6.07, 6.45) is 3.53. The van der Waals surface area contributed by atoms with Crippen LogP contribution in [0.5, 0.6) is 0 Å². The summed E-state index contributed by atoms with van der Waals surface area (Å²) < 4.78 is 0. The molecule has 0 fully saturated rings. The highest BCUT2D eigenvalue weighted by Crippen LogP contribution is 2.30. The first kappa shape index (κ1) is 18.1. The molecule has 0 saturated heterocycles. The lowest BCUT2D eigenvalue weighted by Gasteiger charge is -2.21. The van der Waals surface area contributed by atoms with Crippen LogP contribution in [-0.2, 0) is 0 Å². The van der Waals surface area contributed by atoms with Crippen molar-refractivity contribution in [2.75, 3.05) is 10.6 Å². The third kappa shape index (κ3) is 4.49. The fraction of sp³-hybridized carbons (Fsp3) is 0.250. The molecular formula is C20H22ClN5. The van der Waals surface area contributed by atoms with Crippen molar-refractivity contribution in [1.82, 2.24) is 15.0 Å². The van der Waals surface area contributed by atoms with Gasteiger partial charge in [0.05, 0.1) is 16.4 Å². The van der Waals surface area contributed by atoms with Crippen molar-refractivity contribution in [2.24, 2.45) is 0 Å². The standard InChI is InChI=1S/C20H22ClN5/c1-13-7-5-9-15(21)18(13)24-17-11-16(14-8-6-10-22-12-14)23-19(25-17)26-20(2,3)4/h5-12H,1-4H3,(H2,23,24,25,26). The van der Waals surface area contributed by atoms with E-state index in [1.165, 1.54) is 0 Å². The minimum absolute atomic E-state index is 0.162. The van der Waals surface area contributed by atoms with E-state index in [2.05, 4.69) is 46.4 Å². The molecular weight excluding hydrogens is 346 g/mol. The fourth-order valence-electron chi connectivity index (χ4n) is 2.48. The average molecular weight is 368 g/mol. The van der Waals surface area contributed by atoms with Crippen LogP contribution < -0.4 is 10.6 Å². The molecule has 3 rings (SSSR count). The predicted octanol–water partition coefficient (Wildman–Crippen LogP) is 5.45. The summed E-state index contributed by atoms with van der Waals surface area (Å²) in [4.78, 5) is 13.4. The number of aryl methyl sites for hydroxylation is 1. The van der Waals surface area contributed by atoms with Crippen LogP contribution >= 0.6 is 11.6 Å². The van der Waals surface area contributed by atoms with E-state index in [4.69, 9.17) is 11.6 Å². The second kappa shape index (κ2) is 7.30. The third-order valence-corrected chi connectivity index (χ3v) is 3.96. The van der Waals surface area contributed by atoms with Crippen molar-refractivity contribution in [1.29, 1.82) is 0 Å². The molecule has 5 nitrogen and oxygen atoms in total. The normalized spacial score (nSPS) is 11.3. The highest BCUT2D eigenvalue weighted by atomic mass is 35.5. The van der Waals surface area contributed by atoms with E-state index in [0.717, 1.165) is 22.5 Å². The summed E-state index contributed by atoms with van der Waals surface area (Å²) in [6, 6.07) is 11.5. The van der Waals surface area contributed by atoms with E-state index < -0.39 is 0 Å². The number of hydrogen-bond acceptors (Lipinski definition) is 5. The van der Waals surface area contributed by atoms with E-state index in [-0.39, 0.29) is 5.54 Å². The van der Waals surface area contributed by atoms with Gasteiger partial charge in [0.15, 0.2) is 0 Å². The molecule has 0 saturated carbocycles. The predicted molar refractivity (Wildman–Crippen MR) is 108 cm³/mol. The Balaban J connectivity index is 2.05. The number of halogens is 1. The number of nitrogens with one attached hydrogen (secondary N) is 2. The maximum absolute atomic E-state index is 6.35. The second-order valence-electron chi connectivity index (χ2n) is 7.14. The zero-order chi connectivity index (χ0) is 18.7. The molecule has 0 aliphatic heterocycles. The van der Waals surface area contributed by atoms with Crippen LogP contribution in [0.25, 0.3) is 11.3 Å². The lowest BCUT2D eigenvalue weighted by atomic mass is 10.1. The lowest BCUT2D eigenvalue weighted by Crippen LogP contribution is -2.27. The Morgan fingerprint density at radius 1 is 1.04 bits per heavy atom. The molecule has 3 aromatic rings. The summed E-state index contributed by atoms with van der Waals surface area (Å²) in [5.74, 6) is 1.22. The maximum atomic E-state index is 6.35. The number of para-hydroxylation sites is 1. The van der Waals surface area contributed by atoms with Crippen molar-refractivity contribution >= 4 is 29.1 Å². The van der Waals surface area contributed by atoms with Crippen LogP contribution in [-0.4, -0.2) is 20.5 Å². The molecule has 0 spiro atoms. The Bertz CT molecular complexity index is 884. The minimum Gasteiger partial charge on any atom is -0.350 e. The van der Waals surface area contributed by atoms with Gasteiger partial charge < -0.3 is 10.6 Å². The molecule has 0 atom stereocenters. The number of benzene rings is 1. The van der Waals surface area contributed by atoms with Gasteiger partial charge in [-0.25, -0.2) is 4.98 Å². The highest BCUT2D eigenvalue weighted by Gasteiger charge is 2.15. The molecule has 2 N–H and O–H groups in total. The smallest absolute Gasteiger partial charge is 0.225 e. The molecule has 134 valence electrons. The number of anilines is 3. The zero-order valence-electron chi connectivity index (χ0n) is 15.3. The molecule has 6 heteroatoms. The molecule has 0 radical (unpaired) electrons. The van der Waals surface area contributed by atoms with Gasteiger partial charge in [0.25, 0.3) is 0 Å². The van der Waals surface area contributed by atoms with Crippen LogP contribution in [0.15, 0.2) is 48.8 Å². The summed E-state index contributed by atoms with van der Waals surface area (Å²) in [5, 5.41) is 7.31. The number of rotatable bonds is 4. The molecule has 2 aromatic heterocycles. The van der Waals surface area contributed by atoms with Gasteiger partial charge in [-0.3, -0.25) is 4.98 Å². The molecule has 0 unspecified atom stereocenters. The summed E-state index contributed by atoms with van der Waals surface area (Å²) >= 11 is 6.35. The van der Waals surface area contributed by atoms with Gasteiger partial charge in [-0.15, -0.1) is 0 Å². The van der Waals surface area contributed by atoms with Gasteiger partial charge in [-0.2, -0.15) is 4.98 Å². The van der Waals surface area contributed by atoms with Crippen LogP contribution in [0.1, 0.15) is 26.3 Å². The van der Waals surface area contributed by atoms with E-state index in [1.807, 2.05) is 43.3 Å². The zero-order valence-corrected chi connectivity index (χ0v) is 16.1. The van der Waals surface area contributed by atoms with Gasteiger partial charge in [0, 0.05) is 29.6 Å². The van der Waals surface area contributed by atoms with Crippen LogP contribution in [0.3, 0.4) is 0 Å². The first-order chi connectivity index (χ1) is 12.3. The summed E-state index contributed by atoms with van der Waals surface area (Å²) in [5.41, 5.74) is 3.43. The van der Waals surface area contributed by atoms with Crippen molar-refractivity contribution in [3.63, 3.8) is 0 Å². The van der Waals surface area contributed by atoms with Crippen LogP contribution in [0.2, 0.25) is 5.02 Å². The van der Waals surface area contributed by atoms with Crippen molar-refractivity contribution in [3.8, 4) is 11.3 Å². The molecule has 0 bridgehead atoms. The average Bonchev–Trinajstić information content (AvgIpc) is 2.57. The topological polar surface area (TPSA) is 62.7 Å². The van der Waals surface area contributed by atoms with E-state index >= 15 is 0 Å².